The zero-order valence-corrected chi connectivity index (χ0v) is 13.0. The highest BCUT2D eigenvalue weighted by Gasteiger charge is 2.35. The van der Waals surface area contributed by atoms with E-state index in [1.807, 2.05) is 52.9 Å². The van der Waals surface area contributed by atoms with E-state index in [0.717, 1.165) is 5.56 Å². The molecule has 1 amide bonds. The van der Waals surface area contributed by atoms with E-state index in [1.165, 1.54) is 7.11 Å². The molecule has 0 bridgehead atoms. The van der Waals surface area contributed by atoms with Crippen molar-refractivity contribution in [2.45, 2.75) is 19.1 Å². The van der Waals surface area contributed by atoms with Gasteiger partial charge in [-0.1, -0.05) is 52.9 Å². The third kappa shape index (κ3) is 4.70. The van der Waals surface area contributed by atoms with E-state index in [9.17, 15) is 9.59 Å². The highest BCUT2D eigenvalue weighted by Crippen LogP contribution is 2.11. The van der Waals surface area contributed by atoms with Gasteiger partial charge in [0.2, 0.25) is 0 Å². The Balaban J connectivity index is 2.52. The zero-order chi connectivity index (χ0) is 14.3. The number of halogens is 1. The number of esters is 1. The summed E-state index contributed by atoms with van der Waals surface area (Å²) < 4.78 is 10.1. The van der Waals surface area contributed by atoms with Crippen molar-refractivity contribution in [3.63, 3.8) is 0 Å². The van der Waals surface area contributed by atoms with Crippen LogP contribution in [0.25, 0.3) is 0 Å². The summed E-state index contributed by atoms with van der Waals surface area (Å²) >= 11 is 2.01. The van der Waals surface area contributed by atoms with Crippen molar-refractivity contribution < 1.29 is 19.1 Å². The smallest absolute Gasteiger partial charge is 0.408 e. The van der Waals surface area contributed by atoms with E-state index in [0.29, 0.717) is 4.43 Å². The van der Waals surface area contributed by atoms with Crippen LogP contribution >= 0.6 is 22.6 Å². The summed E-state index contributed by atoms with van der Waals surface area (Å²) in [6, 6.07) is 9.31. The van der Waals surface area contributed by atoms with Crippen LogP contribution in [0.4, 0.5) is 4.79 Å². The Kier molecular flexibility index (Phi) is 6.07. The second-order valence-electron chi connectivity index (χ2n) is 4.14. The number of alkyl halides is 1. The molecular weight excluding hydrogens is 361 g/mol. The Bertz CT molecular complexity index is 438. The highest BCUT2D eigenvalue weighted by molar-refractivity contribution is 14.1. The van der Waals surface area contributed by atoms with Crippen LogP contribution in [0.2, 0.25) is 0 Å². The first-order valence-electron chi connectivity index (χ1n) is 5.65. The largest absolute Gasteiger partial charge is 0.467 e. The molecule has 0 aliphatic heterocycles. The van der Waals surface area contributed by atoms with Crippen LogP contribution < -0.4 is 5.32 Å². The van der Waals surface area contributed by atoms with Gasteiger partial charge < -0.3 is 14.8 Å². The molecule has 6 heteroatoms. The van der Waals surface area contributed by atoms with Gasteiger partial charge in [0.15, 0.2) is 0 Å². The van der Waals surface area contributed by atoms with Gasteiger partial charge >= 0.3 is 12.1 Å². The van der Waals surface area contributed by atoms with Crippen molar-refractivity contribution in [1.29, 1.82) is 0 Å². The van der Waals surface area contributed by atoms with Gasteiger partial charge in [-0.15, -0.1) is 0 Å². The van der Waals surface area contributed by atoms with Gasteiger partial charge in [-0.05, 0) is 12.5 Å². The molecule has 0 aliphatic carbocycles. The summed E-state index contributed by atoms with van der Waals surface area (Å²) in [6.45, 7) is 1.75. The van der Waals surface area contributed by atoms with E-state index in [1.54, 1.807) is 6.92 Å². The standard InChI is InChI=1S/C13H16INO4/c1-13(9-14,11(16)18-2)15-12(17)19-8-10-6-4-3-5-7-10/h3-7H,8-9H2,1-2H3,(H,15,17)/t13-/m1/s1. The molecule has 0 spiro atoms. The Hall–Kier alpha value is -1.31. The van der Waals surface area contributed by atoms with Crippen LogP contribution in [0.15, 0.2) is 30.3 Å². The Morgan fingerprint density at radius 2 is 1.95 bits per heavy atom. The lowest BCUT2D eigenvalue weighted by Crippen LogP contribution is -2.54. The Morgan fingerprint density at radius 1 is 1.32 bits per heavy atom. The second kappa shape index (κ2) is 7.32. The third-order valence-corrected chi connectivity index (χ3v) is 4.02. The molecule has 19 heavy (non-hydrogen) atoms. The third-order valence-electron chi connectivity index (χ3n) is 2.49. The average molecular weight is 377 g/mol. The number of amides is 1. The number of carbonyl (C=O) groups excluding carboxylic acids is 2. The summed E-state index contributed by atoms with van der Waals surface area (Å²) in [5.74, 6) is -0.501. The Labute approximate surface area is 125 Å². The quantitative estimate of drug-likeness (QED) is 0.486. The number of nitrogens with one attached hydrogen (secondary N) is 1. The number of alkyl carbamates (subject to hydrolysis) is 1. The van der Waals surface area contributed by atoms with E-state index in [4.69, 9.17) is 4.74 Å². The van der Waals surface area contributed by atoms with Crippen LogP contribution in [0.1, 0.15) is 12.5 Å². The number of benzene rings is 1. The predicted molar refractivity (Wildman–Crippen MR) is 79.1 cm³/mol. The molecule has 0 aliphatic rings. The van der Waals surface area contributed by atoms with E-state index in [2.05, 4.69) is 10.1 Å². The molecule has 0 aromatic heterocycles. The van der Waals surface area contributed by atoms with Gasteiger partial charge in [-0.25, -0.2) is 9.59 Å². The van der Waals surface area contributed by atoms with Crippen LogP contribution in [-0.2, 0) is 20.9 Å². The molecule has 104 valence electrons. The van der Waals surface area contributed by atoms with Gasteiger partial charge in [-0.2, -0.15) is 0 Å². The lowest BCUT2D eigenvalue weighted by Gasteiger charge is -2.25. The average Bonchev–Trinajstić information content (AvgIpc) is 2.45. The molecule has 0 saturated heterocycles. The first kappa shape index (κ1) is 15.7. The number of methoxy groups -OCH3 is 1. The molecule has 1 aromatic carbocycles. The predicted octanol–water partition coefficient (Wildman–Crippen LogP) is 2.28. The SMILES string of the molecule is COC(=O)[C@@](C)(CI)NC(=O)OCc1ccccc1. The molecule has 0 fully saturated rings. The summed E-state index contributed by atoms with van der Waals surface area (Å²) in [6.07, 6.45) is -0.645. The zero-order valence-electron chi connectivity index (χ0n) is 10.8. The van der Waals surface area contributed by atoms with Crippen LogP contribution in [-0.4, -0.2) is 29.1 Å². The summed E-state index contributed by atoms with van der Waals surface area (Å²) in [4.78, 5) is 23.2. The number of carbonyl (C=O) groups is 2. The van der Waals surface area contributed by atoms with E-state index >= 15 is 0 Å². The highest BCUT2D eigenvalue weighted by atomic mass is 127. The molecular formula is C13H16INO4. The molecule has 1 rings (SSSR count). The number of rotatable bonds is 5. The molecule has 0 unspecified atom stereocenters. The van der Waals surface area contributed by atoms with Gasteiger partial charge in [-0.3, -0.25) is 0 Å². The van der Waals surface area contributed by atoms with Crippen LogP contribution in [0, 0.1) is 0 Å². The molecule has 0 heterocycles. The lowest BCUT2D eigenvalue weighted by molar-refractivity contribution is -0.146. The summed E-state index contributed by atoms with van der Waals surface area (Å²) in [5, 5.41) is 2.52. The van der Waals surface area contributed by atoms with Crippen molar-refractivity contribution in [1.82, 2.24) is 5.32 Å². The first-order chi connectivity index (χ1) is 9.01. The fourth-order valence-corrected chi connectivity index (χ4v) is 1.85. The van der Waals surface area contributed by atoms with Gasteiger partial charge in [0.05, 0.1) is 7.11 Å². The minimum atomic E-state index is -1.08. The molecule has 1 atom stereocenters. The summed E-state index contributed by atoms with van der Waals surface area (Å²) in [7, 11) is 1.28. The topological polar surface area (TPSA) is 64.6 Å². The van der Waals surface area contributed by atoms with Gasteiger partial charge in [0.25, 0.3) is 0 Å². The van der Waals surface area contributed by atoms with Crippen molar-refractivity contribution in [2.24, 2.45) is 0 Å². The number of hydrogen-bond donors (Lipinski definition) is 1. The van der Waals surface area contributed by atoms with Crippen LogP contribution in [0.3, 0.4) is 0 Å². The Morgan fingerprint density at radius 3 is 2.47 bits per heavy atom. The van der Waals surface area contributed by atoms with Crippen molar-refractivity contribution >= 4 is 34.7 Å². The summed E-state index contributed by atoms with van der Waals surface area (Å²) in [5.41, 5.74) is -0.199. The van der Waals surface area contributed by atoms with Crippen molar-refractivity contribution in [3.05, 3.63) is 35.9 Å². The maximum absolute atomic E-state index is 11.7. The van der Waals surface area contributed by atoms with Crippen molar-refractivity contribution in [2.75, 3.05) is 11.5 Å². The molecule has 5 nitrogen and oxygen atoms in total. The fraction of sp³-hybridized carbons (Fsp3) is 0.385. The lowest BCUT2D eigenvalue weighted by atomic mass is 10.1. The first-order valence-corrected chi connectivity index (χ1v) is 7.17. The van der Waals surface area contributed by atoms with Crippen LogP contribution in [0.5, 0.6) is 0 Å². The number of ether oxygens (including phenoxy) is 2. The second-order valence-corrected chi connectivity index (χ2v) is 4.91. The number of hydrogen-bond acceptors (Lipinski definition) is 4. The fourth-order valence-electron chi connectivity index (χ4n) is 1.35. The monoisotopic (exact) mass is 377 g/mol. The van der Waals surface area contributed by atoms with Crippen molar-refractivity contribution in [3.8, 4) is 0 Å². The van der Waals surface area contributed by atoms with E-state index in [-0.39, 0.29) is 6.61 Å². The molecule has 0 saturated carbocycles. The maximum atomic E-state index is 11.7. The molecule has 1 aromatic rings. The maximum Gasteiger partial charge on any atom is 0.408 e. The minimum Gasteiger partial charge on any atom is -0.467 e. The molecule has 1 N–H and O–H groups in total. The minimum absolute atomic E-state index is 0.158. The van der Waals surface area contributed by atoms with E-state index < -0.39 is 17.6 Å². The molecule has 0 radical (unpaired) electrons. The normalized spacial score (nSPS) is 13.2. The van der Waals surface area contributed by atoms with Gasteiger partial charge in [0, 0.05) is 4.43 Å². The van der Waals surface area contributed by atoms with Gasteiger partial charge in [0.1, 0.15) is 12.1 Å².